The van der Waals surface area contributed by atoms with Gasteiger partial charge in [-0.2, -0.15) is 5.10 Å². The second-order valence-electron chi connectivity index (χ2n) is 6.01. The van der Waals surface area contributed by atoms with Gasteiger partial charge in [0.2, 0.25) is 0 Å². The van der Waals surface area contributed by atoms with Crippen LogP contribution in [0.3, 0.4) is 0 Å². The minimum absolute atomic E-state index is 0.121. The second-order valence-corrected chi connectivity index (χ2v) is 8.22. The molecule has 0 saturated carbocycles. The van der Waals surface area contributed by atoms with Crippen molar-refractivity contribution in [1.82, 2.24) is 5.43 Å². The molecule has 0 aliphatic rings. The molecule has 0 spiro atoms. The average molecular weight is 398 g/mol. The summed E-state index contributed by atoms with van der Waals surface area (Å²) in [5.74, 6) is -0.332. The minimum Gasteiger partial charge on any atom is -0.321 e. The number of hydrazone groups is 1. The summed E-state index contributed by atoms with van der Waals surface area (Å²) in [7, 11) is 0. The molecule has 0 atom stereocenters. The summed E-state index contributed by atoms with van der Waals surface area (Å²) in [6, 6.07) is 13.0. The summed E-state index contributed by atoms with van der Waals surface area (Å²) in [6.45, 7) is 5.69. The van der Waals surface area contributed by atoms with E-state index in [9.17, 15) is 9.59 Å². The van der Waals surface area contributed by atoms with E-state index in [0.29, 0.717) is 21.2 Å². The Hall–Kier alpha value is -2.77. The van der Waals surface area contributed by atoms with Gasteiger partial charge in [0.15, 0.2) is 0 Å². The quantitative estimate of drug-likeness (QED) is 0.478. The standard InChI is InChI=1S/C20H19N3O2S2/c1-12-10-11-26-18(12)20(25)23-22-14(3)15-5-7-16(8-6-15)21-19(24)17-9-4-13(2)27-17/h4-11H,1-3H3,(H,21,24)(H,23,25)/b22-14+. The fraction of sp³-hybridized carbons (Fsp3) is 0.150. The lowest BCUT2D eigenvalue weighted by Gasteiger charge is -2.06. The molecule has 3 aromatic rings. The number of rotatable bonds is 5. The number of carbonyl (C=O) groups is 2. The summed E-state index contributed by atoms with van der Waals surface area (Å²) in [6.07, 6.45) is 0. The lowest BCUT2D eigenvalue weighted by molar-refractivity contribution is 0.0957. The van der Waals surface area contributed by atoms with Gasteiger partial charge in [0.05, 0.1) is 15.5 Å². The zero-order valence-corrected chi connectivity index (χ0v) is 16.8. The molecule has 2 heterocycles. The van der Waals surface area contributed by atoms with E-state index in [1.54, 1.807) is 0 Å². The molecule has 1 aromatic carbocycles. The monoisotopic (exact) mass is 397 g/mol. The topological polar surface area (TPSA) is 70.6 Å². The van der Waals surface area contributed by atoms with Crippen LogP contribution in [-0.4, -0.2) is 17.5 Å². The van der Waals surface area contributed by atoms with Gasteiger partial charge in [-0.3, -0.25) is 9.59 Å². The van der Waals surface area contributed by atoms with Crippen LogP contribution in [0.4, 0.5) is 5.69 Å². The lowest BCUT2D eigenvalue weighted by atomic mass is 10.1. The summed E-state index contributed by atoms with van der Waals surface area (Å²) in [5.41, 5.74) is 5.78. The van der Waals surface area contributed by atoms with Crippen LogP contribution in [-0.2, 0) is 0 Å². The molecule has 0 bridgehead atoms. The maximum atomic E-state index is 12.2. The number of nitrogens with zero attached hydrogens (tertiary/aromatic N) is 1. The molecule has 0 aliphatic carbocycles. The summed E-state index contributed by atoms with van der Waals surface area (Å²) in [5, 5.41) is 8.93. The lowest BCUT2D eigenvalue weighted by Crippen LogP contribution is -2.19. The SMILES string of the molecule is C/C(=N\NC(=O)c1sccc1C)c1ccc(NC(=O)c2ccc(C)s2)cc1. The smallest absolute Gasteiger partial charge is 0.281 e. The normalized spacial score (nSPS) is 11.3. The van der Waals surface area contributed by atoms with Crippen molar-refractivity contribution in [2.75, 3.05) is 5.32 Å². The number of nitrogens with one attached hydrogen (secondary N) is 2. The highest BCUT2D eigenvalue weighted by atomic mass is 32.1. The first-order valence-electron chi connectivity index (χ1n) is 8.31. The zero-order valence-electron chi connectivity index (χ0n) is 15.2. The number of thiophene rings is 2. The predicted molar refractivity (Wildman–Crippen MR) is 112 cm³/mol. The molecule has 27 heavy (non-hydrogen) atoms. The third-order valence-electron chi connectivity index (χ3n) is 3.92. The van der Waals surface area contributed by atoms with E-state index in [0.717, 1.165) is 16.0 Å². The van der Waals surface area contributed by atoms with Crippen molar-refractivity contribution >= 4 is 45.9 Å². The van der Waals surface area contributed by atoms with E-state index < -0.39 is 0 Å². The zero-order chi connectivity index (χ0) is 19.4. The molecule has 2 N–H and O–H groups in total. The molecule has 0 aliphatic heterocycles. The highest BCUT2D eigenvalue weighted by molar-refractivity contribution is 7.14. The van der Waals surface area contributed by atoms with Crippen LogP contribution >= 0.6 is 22.7 Å². The molecule has 2 amide bonds. The van der Waals surface area contributed by atoms with Crippen molar-refractivity contribution in [1.29, 1.82) is 0 Å². The van der Waals surface area contributed by atoms with Crippen LogP contribution in [0.2, 0.25) is 0 Å². The van der Waals surface area contributed by atoms with Crippen LogP contribution in [0.15, 0.2) is 52.9 Å². The van der Waals surface area contributed by atoms with Crippen LogP contribution in [0.1, 0.15) is 42.3 Å². The fourth-order valence-corrected chi connectivity index (χ4v) is 3.98. The highest BCUT2D eigenvalue weighted by Gasteiger charge is 2.10. The molecule has 7 heteroatoms. The Kier molecular flexibility index (Phi) is 5.83. The Labute approximate surface area is 165 Å². The van der Waals surface area contributed by atoms with E-state index in [1.807, 2.05) is 68.6 Å². The van der Waals surface area contributed by atoms with E-state index >= 15 is 0 Å². The number of hydrogen-bond acceptors (Lipinski definition) is 5. The summed E-state index contributed by atoms with van der Waals surface area (Å²) >= 11 is 2.85. The summed E-state index contributed by atoms with van der Waals surface area (Å²) in [4.78, 5) is 26.8. The average Bonchev–Trinajstić information content (AvgIpc) is 3.28. The number of aryl methyl sites for hydroxylation is 2. The highest BCUT2D eigenvalue weighted by Crippen LogP contribution is 2.18. The molecule has 5 nitrogen and oxygen atoms in total. The van der Waals surface area contributed by atoms with Gasteiger partial charge in [0, 0.05) is 10.6 Å². The van der Waals surface area contributed by atoms with Crippen molar-refractivity contribution in [3.05, 3.63) is 73.6 Å². The van der Waals surface area contributed by atoms with Gasteiger partial charge < -0.3 is 5.32 Å². The maximum absolute atomic E-state index is 12.2. The number of anilines is 1. The van der Waals surface area contributed by atoms with Gasteiger partial charge in [-0.05, 0) is 67.6 Å². The van der Waals surface area contributed by atoms with Gasteiger partial charge in [0.1, 0.15) is 0 Å². The van der Waals surface area contributed by atoms with Crippen molar-refractivity contribution in [3.8, 4) is 0 Å². The second kappa shape index (κ2) is 8.28. The van der Waals surface area contributed by atoms with E-state index in [2.05, 4.69) is 15.8 Å². The Bertz CT molecular complexity index is 1000. The van der Waals surface area contributed by atoms with Crippen LogP contribution in [0, 0.1) is 13.8 Å². The van der Waals surface area contributed by atoms with Crippen LogP contribution in [0.25, 0.3) is 0 Å². The largest absolute Gasteiger partial charge is 0.321 e. The van der Waals surface area contributed by atoms with Crippen molar-refractivity contribution < 1.29 is 9.59 Å². The third kappa shape index (κ3) is 4.69. The maximum Gasteiger partial charge on any atom is 0.281 e. The van der Waals surface area contributed by atoms with Crippen LogP contribution < -0.4 is 10.7 Å². The molecule has 0 radical (unpaired) electrons. The van der Waals surface area contributed by atoms with Crippen molar-refractivity contribution in [2.24, 2.45) is 5.10 Å². The Morgan fingerprint density at radius 3 is 2.30 bits per heavy atom. The first-order valence-corrected chi connectivity index (χ1v) is 10.0. The minimum atomic E-state index is -0.211. The number of carbonyl (C=O) groups excluding carboxylic acids is 2. The molecule has 0 unspecified atom stereocenters. The predicted octanol–water partition coefficient (Wildman–Crippen LogP) is 4.83. The molecular formula is C20H19N3O2S2. The van der Waals surface area contributed by atoms with Gasteiger partial charge in [-0.15, -0.1) is 22.7 Å². The molecule has 0 fully saturated rings. The first-order chi connectivity index (χ1) is 12.9. The Balaban J connectivity index is 1.63. The molecule has 3 rings (SSSR count). The Morgan fingerprint density at radius 1 is 0.963 bits per heavy atom. The first kappa shape index (κ1) is 19.0. The van der Waals surface area contributed by atoms with E-state index in [-0.39, 0.29) is 11.8 Å². The van der Waals surface area contributed by atoms with Crippen LogP contribution in [0.5, 0.6) is 0 Å². The number of amides is 2. The Morgan fingerprint density at radius 2 is 1.70 bits per heavy atom. The van der Waals surface area contributed by atoms with E-state index in [4.69, 9.17) is 0 Å². The molecule has 0 saturated heterocycles. The van der Waals surface area contributed by atoms with Crippen molar-refractivity contribution in [2.45, 2.75) is 20.8 Å². The van der Waals surface area contributed by atoms with Crippen molar-refractivity contribution in [3.63, 3.8) is 0 Å². The number of benzene rings is 1. The number of hydrogen-bond donors (Lipinski definition) is 2. The molecule has 138 valence electrons. The van der Waals surface area contributed by atoms with Gasteiger partial charge in [0.25, 0.3) is 11.8 Å². The molecule has 2 aromatic heterocycles. The third-order valence-corrected chi connectivity index (χ3v) is 5.93. The summed E-state index contributed by atoms with van der Waals surface area (Å²) < 4.78 is 0. The van der Waals surface area contributed by atoms with E-state index in [1.165, 1.54) is 22.7 Å². The fourth-order valence-electron chi connectivity index (χ4n) is 2.40. The molecular weight excluding hydrogens is 378 g/mol. The van der Waals surface area contributed by atoms with Gasteiger partial charge in [-0.25, -0.2) is 5.43 Å². The van der Waals surface area contributed by atoms with Gasteiger partial charge >= 0.3 is 0 Å². The van der Waals surface area contributed by atoms with Gasteiger partial charge in [-0.1, -0.05) is 12.1 Å².